The predicted octanol–water partition coefficient (Wildman–Crippen LogP) is 3.47. The van der Waals surface area contributed by atoms with Gasteiger partial charge in [-0.05, 0) is 6.92 Å². The Hall–Kier alpha value is 1.74. The molecule has 0 N–H and O–H groups in total. The fourth-order valence-corrected chi connectivity index (χ4v) is 3.42. The second kappa shape index (κ2) is 4.51. The highest BCUT2D eigenvalue weighted by molar-refractivity contribution is 9.40. The number of halogens is 5. The van der Waals surface area contributed by atoms with E-state index in [1.165, 1.54) is 6.92 Å². The van der Waals surface area contributed by atoms with E-state index < -0.39 is 11.2 Å². The average molecular weight is 495 g/mol. The Labute approximate surface area is 112 Å². The maximum atomic E-state index is 11.5. The first-order chi connectivity index (χ1) is 5.10. The van der Waals surface area contributed by atoms with Crippen molar-refractivity contribution in [2.24, 2.45) is 0 Å². The van der Waals surface area contributed by atoms with E-state index in [1.807, 2.05) is 0 Å². The summed E-state index contributed by atoms with van der Waals surface area (Å²) in [6.45, 7) is 1.31. The summed E-state index contributed by atoms with van der Waals surface area (Å²) in [4.78, 5) is 22.4. The molecular weight excluding hydrogens is 492 g/mol. The number of Topliss-reactive ketones (excluding diaryl/α,β-unsaturated/α-hetero) is 2. The molecule has 0 spiro atoms. The van der Waals surface area contributed by atoms with Crippen LogP contribution in [-0.2, 0) is 9.59 Å². The number of rotatable bonds is 2. The van der Waals surface area contributed by atoms with E-state index in [-0.39, 0.29) is 5.78 Å². The zero-order valence-electron chi connectivity index (χ0n) is 5.71. The van der Waals surface area contributed by atoms with Crippen molar-refractivity contribution in [1.82, 2.24) is 0 Å². The molecule has 0 aromatic carbocycles. The first-order valence-electron chi connectivity index (χ1n) is 2.60. The van der Waals surface area contributed by atoms with Gasteiger partial charge in [0, 0.05) is 0 Å². The van der Waals surface area contributed by atoms with E-state index in [4.69, 9.17) is 0 Å². The topological polar surface area (TPSA) is 34.1 Å². The van der Waals surface area contributed by atoms with Crippen molar-refractivity contribution in [3.05, 3.63) is 0 Å². The van der Waals surface area contributed by atoms with Gasteiger partial charge in [-0.15, -0.1) is 0 Å². The van der Waals surface area contributed by atoms with Gasteiger partial charge >= 0.3 is 0 Å². The number of ketones is 2. The van der Waals surface area contributed by atoms with Crippen LogP contribution in [0.4, 0.5) is 0 Å². The second-order valence-corrected chi connectivity index (χ2v) is 12.2. The average Bonchev–Trinajstić information content (AvgIpc) is 1.83. The summed E-state index contributed by atoms with van der Waals surface area (Å²) in [5.74, 6) is -0.738. The lowest BCUT2D eigenvalue weighted by Crippen LogP contribution is -2.39. The van der Waals surface area contributed by atoms with Gasteiger partial charge in [-0.1, -0.05) is 79.6 Å². The standard InChI is InChI=1S/C5H3Br5O2/c1-2(11)4(6,7)3(12)5(8,9)10/h1H3. The highest BCUT2D eigenvalue weighted by Crippen LogP contribution is 2.43. The molecule has 0 saturated heterocycles. The van der Waals surface area contributed by atoms with Crippen molar-refractivity contribution in [1.29, 1.82) is 0 Å². The quantitative estimate of drug-likeness (QED) is 0.435. The summed E-state index contributed by atoms with van der Waals surface area (Å²) in [6, 6.07) is 0. The summed E-state index contributed by atoms with van der Waals surface area (Å²) in [5.41, 5.74) is 0. The van der Waals surface area contributed by atoms with Gasteiger partial charge in [0.05, 0.1) is 0 Å². The van der Waals surface area contributed by atoms with Gasteiger partial charge in [-0.25, -0.2) is 0 Å². The molecule has 0 radical (unpaired) electrons. The van der Waals surface area contributed by atoms with Crippen LogP contribution in [0, 0.1) is 0 Å². The third-order valence-corrected chi connectivity index (χ3v) is 3.90. The first kappa shape index (κ1) is 13.7. The molecule has 70 valence electrons. The van der Waals surface area contributed by atoms with Crippen molar-refractivity contribution >= 4 is 91.2 Å². The van der Waals surface area contributed by atoms with Crippen molar-refractivity contribution in [3.8, 4) is 0 Å². The Balaban J connectivity index is 4.83. The van der Waals surface area contributed by atoms with E-state index in [0.29, 0.717) is 0 Å². The zero-order chi connectivity index (χ0) is 10.2. The first-order valence-corrected chi connectivity index (χ1v) is 6.57. The number of carbonyl (C=O) groups is 2. The maximum Gasteiger partial charge on any atom is 0.205 e. The van der Waals surface area contributed by atoms with E-state index in [0.717, 1.165) is 0 Å². The number of hydrogen-bond acceptors (Lipinski definition) is 2. The lowest BCUT2D eigenvalue weighted by atomic mass is 10.2. The molecule has 0 rings (SSSR count). The minimum Gasteiger partial charge on any atom is -0.297 e. The molecular formula is C5H3Br5O2. The molecule has 0 aliphatic carbocycles. The fraction of sp³-hybridized carbons (Fsp3) is 0.600. The summed E-state index contributed by atoms with van der Waals surface area (Å²) >= 11 is 15.0. The molecule has 0 aromatic heterocycles. The van der Waals surface area contributed by atoms with E-state index in [1.54, 1.807) is 0 Å². The van der Waals surface area contributed by atoms with Crippen LogP contribution >= 0.6 is 79.6 Å². The molecule has 0 bridgehead atoms. The molecule has 0 atom stereocenters. The lowest BCUT2D eigenvalue weighted by Gasteiger charge is -2.20. The van der Waals surface area contributed by atoms with Crippen LogP contribution in [0.15, 0.2) is 0 Å². The van der Waals surface area contributed by atoms with Gasteiger partial charge in [0.15, 0.2) is 11.2 Å². The molecule has 2 nitrogen and oxygen atoms in total. The Morgan fingerprint density at radius 2 is 1.33 bits per heavy atom. The van der Waals surface area contributed by atoms with Gasteiger partial charge < -0.3 is 0 Å². The van der Waals surface area contributed by atoms with Crippen molar-refractivity contribution < 1.29 is 9.59 Å². The Bertz CT molecular complexity index is 216. The van der Waals surface area contributed by atoms with Gasteiger partial charge in [0.2, 0.25) is 5.78 Å². The minimum atomic E-state index is -1.35. The van der Waals surface area contributed by atoms with E-state index in [9.17, 15) is 9.59 Å². The smallest absolute Gasteiger partial charge is 0.205 e. The molecule has 0 aliphatic heterocycles. The van der Waals surface area contributed by atoms with Gasteiger partial charge in [0.1, 0.15) is 0 Å². The number of alkyl halides is 5. The molecule has 0 aromatic rings. The van der Waals surface area contributed by atoms with Crippen molar-refractivity contribution in [3.63, 3.8) is 0 Å². The second-order valence-electron chi connectivity index (χ2n) is 1.96. The minimum absolute atomic E-state index is 0.324. The molecule has 7 heteroatoms. The largest absolute Gasteiger partial charge is 0.297 e. The fourth-order valence-electron chi connectivity index (χ4n) is 0.338. The van der Waals surface area contributed by atoms with Crippen LogP contribution in [0.2, 0.25) is 0 Å². The van der Waals surface area contributed by atoms with Gasteiger partial charge in [-0.2, -0.15) is 0 Å². The van der Waals surface area contributed by atoms with E-state index in [2.05, 4.69) is 79.6 Å². The molecule has 12 heavy (non-hydrogen) atoms. The van der Waals surface area contributed by atoms with Crippen molar-refractivity contribution in [2.45, 2.75) is 12.3 Å². The summed E-state index contributed by atoms with van der Waals surface area (Å²) < 4.78 is -2.44. The highest BCUT2D eigenvalue weighted by Gasteiger charge is 2.47. The normalized spacial score (nSPS) is 12.8. The van der Waals surface area contributed by atoms with Crippen molar-refractivity contribution in [2.75, 3.05) is 0 Å². The number of hydrogen-bond donors (Lipinski definition) is 0. The van der Waals surface area contributed by atoms with E-state index >= 15 is 0 Å². The Morgan fingerprint density at radius 1 is 1.00 bits per heavy atom. The van der Waals surface area contributed by atoms with Crippen LogP contribution in [-0.4, -0.2) is 16.9 Å². The molecule has 0 amide bonds. The predicted molar refractivity (Wildman–Crippen MR) is 65.8 cm³/mol. The summed E-state index contributed by atoms with van der Waals surface area (Å²) in [5, 5.41) is 0. The third-order valence-electron chi connectivity index (χ3n) is 0.985. The van der Waals surface area contributed by atoms with Crippen LogP contribution in [0.25, 0.3) is 0 Å². The van der Waals surface area contributed by atoms with Crippen LogP contribution in [0.3, 0.4) is 0 Å². The Kier molecular flexibility index (Phi) is 5.16. The summed E-state index contributed by atoms with van der Waals surface area (Å²) in [7, 11) is 0. The summed E-state index contributed by atoms with van der Waals surface area (Å²) in [6.07, 6.45) is 0. The highest BCUT2D eigenvalue weighted by atomic mass is 80.0. The maximum absolute atomic E-state index is 11.5. The van der Waals surface area contributed by atoms with Gasteiger partial charge in [0.25, 0.3) is 0 Å². The van der Waals surface area contributed by atoms with Crippen LogP contribution < -0.4 is 0 Å². The third kappa shape index (κ3) is 3.48. The molecule has 0 unspecified atom stereocenters. The Morgan fingerprint density at radius 3 is 1.42 bits per heavy atom. The lowest BCUT2D eigenvalue weighted by molar-refractivity contribution is -0.124. The monoisotopic (exact) mass is 490 g/mol. The molecule has 0 fully saturated rings. The van der Waals surface area contributed by atoms with Crippen LogP contribution in [0.1, 0.15) is 6.92 Å². The SMILES string of the molecule is CC(=O)C(Br)(Br)C(=O)C(Br)(Br)Br. The molecule has 0 saturated carbocycles. The molecule has 0 heterocycles. The molecule has 0 aliphatic rings. The van der Waals surface area contributed by atoms with Gasteiger partial charge in [-0.3, -0.25) is 9.59 Å². The zero-order valence-corrected chi connectivity index (χ0v) is 13.6. The number of carbonyl (C=O) groups excluding carboxylic acids is 2. The van der Waals surface area contributed by atoms with Crippen LogP contribution in [0.5, 0.6) is 0 Å².